The Morgan fingerprint density at radius 3 is 2.31 bits per heavy atom. The summed E-state index contributed by atoms with van der Waals surface area (Å²) in [6, 6.07) is 0. The van der Waals surface area contributed by atoms with Crippen LogP contribution in [0.4, 0.5) is 0 Å². The molecule has 1 saturated carbocycles. The van der Waals surface area contributed by atoms with Crippen molar-refractivity contribution in [2.75, 3.05) is 6.61 Å². The van der Waals surface area contributed by atoms with Crippen molar-refractivity contribution in [1.82, 2.24) is 0 Å². The second kappa shape index (κ2) is 3.90. The lowest BCUT2D eigenvalue weighted by molar-refractivity contribution is -0.146. The lowest BCUT2D eigenvalue weighted by Crippen LogP contribution is -2.20. The first-order chi connectivity index (χ1) is 6.14. The number of carbonyl (C=O) groups is 2. The van der Waals surface area contributed by atoms with Crippen LogP contribution in [0.15, 0.2) is 0 Å². The van der Waals surface area contributed by atoms with E-state index in [9.17, 15) is 9.59 Å². The topological polar surface area (TPSA) is 43.4 Å². The lowest BCUT2D eigenvalue weighted by atomic mass is 9.96. The van der Waals surface area contributed by atoms with E-state index < -0.39 is 0 Å². The maximum atomic E-state index is 11.5. The van der Waals surface area contributed by atoms with Gasteiger partial charge in [-0.1, -0.05) is 6.92 Å². The van der Waals surface area contributed by atoms with Gasteiger partial charge in [0.15, 0.2) is 0 Å². The fraction of sp³-hybridized carbons (Fsp3) is 0.800. The smallest absolute Gasteiger partial charge is 0.313 e. The first-order valence-corrected chi connectivity index (χ1v) is 4.83. The fourth-order valence-electron chi connectivity index (χ4n) is 1.51. The van der Waals surface area contributed by atoms with Gasteiger partial charge in [-0.3, -0.25) is 9.59 Å². The van der Waals surface area contributed by atoms with Crippen LogP contribution in [0.1, 0.15) is 39.5 Å². The molecule has 0 N–H and O–H groups in total. The fourth-order valence-corrected chi connectivity index (χ4v) is 1.51. The van der Waals surface area contributed by atoms with E-state index in [-0.39, 0.29) is 23.6 Å². The van der Waals surface area contributed by atoms with Crippen molar-refractivity contribution in [3.8, 4) is 0 Å². The summed E-state index contributed by atoms with van der Waals surface area (Å²) in [6.07, 6.45) is 2.70. The van der Waals surface area contributed by atoms with E-state index in [0.29, 0.717) is 6.61 Å². The third kappa shape index (κ3) is 2.29. The van der Waals surface area contributed by atoms with Crippen molar-refractivity contribution >= 4 is 11.8 Å². The van der Waals surface area contributed by atoms with Gasteiger partial charge in [-0.2, -0.15) is 0 Å². The summed E-state index contributed by atoms with van der Waals surface area (Å²) in [7, 11) is 0. The highest BCUT2D eigenvalue weighted by molar-refractivity contribution is 6.00. The molecule has 0 saturated heterocycles. The zero-order chi connectivity index (χ0) is 9.90. The van der Waals surface area contributed by atoms with Crippen molar-refractivity contribution in [2.45, 2.75) is 39.5 Å². The number of hydrogen-bond acceptors (Lipinski definition) is 3. The molecule has 0 amide bonds. The Bertz CT molecular complexity index is 216. The number of Topliss-reactive ketones (excluding diaryl/α,β-unsaturated/α-hetero) is 1. The molecule has 3 heteroatoms. The second-order valence-electron chi connectivity index (χ2n) is 3.54. The molecule has 0 aromatic carbocycles. The van der Waals surface area contributed by atoms with Gasteiger partial charge in [0.2, 0.25) is 0 Å². The molecule has 0 unspecified atom stereocenters. The molecule has 1 aliphatic carbocycles. The summed E-state index contributed by atoms with van der Waals surface area (Å²) in [5, 5.41) is 0. The van der Waals surface area contributed by atoms with Gasteiger partial charge in [-0.25, -0.2) is 0 Å². The summed E-state index contributed by atoms with van der Waals surface area (Å²) in [6.45, 7) is 4.09. The molecule has 0 heterocycles. The minimum Gasteiger partial charge on any atom is -0.466 e. The molecule has 1 aliphatic rings. The Labute approximate surface area is 78.5 Å². The molecule has 0 spiro atoms. The van der Waals surface area contributed by atoms with Crippen LogP contribution >= 0.6 is 0 Å². The highest BCUT2D eigenvalue weighted by Gasteiger charge is 2.47. The zero-order valence-electron chi connectivity index (χ0n) is 8.26. The summed E-state index contributed by atoms with van der Waals surface area (Å²) in [4.78, 5) is 22.5. The quantitative estimate of drug-likeness (QED) is 0.482. The summed E-state index contributed by atoms with van der Waals surface area (Å²) in [5.41, 5.74) is -0.160. The number of carbonyl (C=O) groups excluding carboxylic acids is 2. The molecular formula is C10H16O3. The predicted molar refractivity (Wildman–Crippen MR) is 48.2 cm³/mol. The van der Waals surface area contributed by atoms with Crippen LogP contribution in [0, 0.1) is 5.41 Å². The van der Waals surface area contributed by atoms with Crippen molar-refractivity contribution in [2.24, 2.45) is 5.41 Å². The van der Waals surface area contributed by atoms with E-state index in [1.54, 1.807) is 6.92 Å². The van der Waals surface area contributed by atoms with Crippen LogP contribution < -0.4 is 0 Å². The lowest BCUT2D eigenvalue weighted by Gasteiger charge is -2.09. The van der Waals surface area contributed by atoms with Gasteiger partial charge in [-0.05, 0) is 26.2 Å². The van der Waals surface area contributed by atoms with E-state index in [2.05, 4.69) is 0 Å². The third-order valence-electron chi connectivity index (χ3n) is 2.73. The van der Waals surface area contributed by atoms with E-state index in [0.717, 1.165) is 19.3 Å². The van der Waals surface area contributed by atoms with Crippen LogP contribution in [0.5, 0.6) is 0 Å². The number of ketones is 1. The average Bonchev–Trinajstić information content (AvgIpc) is 2.84. The van der Waals surface area contributed by atoms with Crippen LogP contribution in [0.2, 0.25) is 0 Å². The largest absolute Gasteiger partial charge is 0.466 e. The van der Waals surface area contributed by atoms with Crippen molar-refractivity contribution in [3.05, 3.63) is 0 Å². The average molecular weight is 184 g/mol. The Morgan fingerprint density at radius 1 is 1.31 bits per heavy atom. The van der Waals surface area contributed by atoms with E-state index in [1.807, 2.05) is 6.92 Å². The number of hydrogen-bond donors (Lipinski definition) is 0. The van der Waals surface area contributed by atoms with Crippen molar-refractivity contribution in [3.63, 3.8) is 0 Å². The summed E-state index contributed by atoms with van der Waals surface area (Å²) in [5.74, 6) is -0.319. The monoisotopic (exact) mass is 184 g/mol. The number of esters is 1. The molecule has 0 aromatic rings. The molecule has 1 rings (SSSR count). The Hall–Kier alpha value is -0.860. The maximum Gasteiger partial charge on any atom is 0.313 e. The van der Waals surface area contributed by atoms with E-state index in [4.69, 9.17) is 4.74 Å². The summed E-state index contributed by atoms with van der Waals surface area (Å²) < 4.78 is 4.72. The molecule has 0 radical (unpaired) electrons. The molecule has 0 atom stereocenters. The normalized spacial score (nSPS) is 18.0. The summed E-state index contributed by atoms with van der Waals surface area (Å²) >= 11 is 0. The molecule has 0 aromatic heterocycles. The second-order valence-corrected chi connectivity index (χ2v) is 3.54. The predicted octanol–water partition coefficient (Wildman–Crippen LogP) is 1.70. The minimum absolute atomic E-state index is 0.0400. The molecule has 74 valence electrons. The Kier molecular flexibility index (Phi) is 3.07. The van der Waals surface area contributed by atoms with Gasteiger partial charge in [0.05, 0.1) is 6.61 Å². The standard InChI is InChI=1S/C10H16O3/c1-3-10(5-6-10)8(11)7-9(12)13-4-2/h3-7H2,1-2H3. The number of ether oxygens (including phenoxy) is 1. The van der Waals surface area contributed by atoms with Crippen LogP contribution in [0.25, 0.3) is 0 Å². The van der Waals surface area contributed by atoms with Crippen LogP contribution in [-0.4, -0.2) is 18.4 Å². The highest BCUT2D eigenvalue weighted by atomic mass is 16.5. The van der Waals surface area contributed by atoms with E-state index in [1.165, 1.54) is 0 Å². The van der Waals surface area contributed by atoms with Crippen molar-refractivity contribution < 1.29 is 14.3 Å². The Balaban J connectivity index is 2.37. The highest BCUT2D eigenvalue weighted by Crippen LogP contribution is 2.50. The van der Waals surface area contributed by atoms with Gasteiger partial charge in [0.1, 0.15) is 12.2 Å². The number of rotatable bonds is 5. The Morgan fingerprint density at radius 2 is 1.92 bits per heavy atom. The molecule has 0 bridgehead atoms. The first kappa shape index (κ1) is 10.2. The SMILES string of the molecule is CCOC(=O)CC(=O)C1(CC)CC1. The molecule has 13 heavy (non-hydrogen) atoms. The molecule has 1 fully saturated rings. The molecular weight excluding hydrogens is 168 g/mol. The van der Waals surface area contributed by atoms with Gasteiger partial charge in [-0.15, -0.1) is 0 Å². The maximum absolute atomic E-state index is 11.5. The van der Waals surface area contributed by atoms with Gasteiger partial charge < -0.3 is 4.74 Å². The first-order valence-electron chi connectivity index (χ1n) is 4.83. The van der Waals surface area contributed by atoms with Gasteiger partial charge >= 0.3 is 5.97 Å². The minimum atomic E-state index is -0.382. The molecule has 3 nitrogen and oxygen atoms in total. The van der Waals surface area contributed by atoms with Crippen LogP contribution in [0.3, 0.4) is 0 Å². The van der Waals surface area contributed by atoms with Crippen LogP contribution in [-0.2, 0) is 14.3 Å². The van der Waals surface area contributed by atoms with E-state index >= 15 is 0 Å². The van der Waals surface area contributed by atoms with Gasteiger partial charge in [0, 0.05) is 5.41 Å². The van der Waals surface area contributed by atoms with Gasteiger partial charge in [0.25, 0.3) is 0 Å². The zero-order valence-corrected chi connectivity index (χ0v) is 8.26. The van der Waals surface area contributed by atoms with Crippen molar-refractivity contribution in [1.29, 1.82) is 0 Å². The third-order valence-corrected chi connectivity index (χ3v) is 2.73. The molecule has 0 aliphatic heterocycles.